The highest BCUT2D eigenvalue weighted by molar-refractivity contribution is 7.20. The van der Waals surface area contributed by atoms with Gasteiger partial charge < -0.3 is 19.9 Å². The highest BCUT2D eigenvalue weighted by Gasteiger charge is 2.36. The van der Waals surface area contributed by atoms with Gasteiger partial charge in [-0.3, -0.25) is 9.59 Å². The Morgan fingerprint density at radius 1 is 0.941 bits per heavy atom. The van der Waals surface area contributed by atoms with Crippen LogP contribution in [0.15, 0.2) is 54.6 Å². The highest BCUT2D eigenvalue weighted by Crippen LogP contribution is 2.32. The zero-order valence-electron chi connectivity index (χ0n) is 18.0. The van der Waals surface area contributed by atoms with E-state index in [-0.39, 0.29) is 29.6 Å². The van der Waals surface area contributed by atoms with Crippen LogP contribution in [0.4, 0.5) is 13.2 Å². The maximum absolute atomic E-state index is 12.8. The van der Waals surface area contributed by atoms with Crippen molar-refractivity contribution in [3.05, 3.63) is 65.0 Å². The lowest BCUT2D eigenvalue weighted by atomic mass is 10.1. The van der Waals surface area contributed by atoms with Gasteiger partial charge in [-0.15, -0.1) is 24.5 Å². The van der Waals surface area contributed by atoms with Crippen LogP contribution in [0.25, 0.3) is 10.1 Å². The number of halogens is 3. The van der Waals surface area contributed by atoms with Crippen LogP contribution in [-0.4, -0.2) is 66.2 Å². The van der Waals surface area contributed by atoms with Gasteiger partial charge in [0, 0.05) is 48.5 Å². The van der Waals surface area contributed by atoms with Gasteiger partial charge in [-0.25, -0.2) is 0 Å². The van der Waals surface area contributed by atoms with Crippen LogP contribution in [0.3, 0.4) is 0 Å². The molecule has 2 fully saturated rings. The van der Waals surface area contributed by atoms with E-state index in [9.17, 15) is 22.8 Å². The second kappa shape index (κ2) is 8.92. The minimum absolute atomic E-state index is 0.0314. The molecule has 2 amide bonds. The van der Waals surface area contributed by atoms with Gasteiger partial charge in [-0.05, 0) is 48.2 Å². The van der Waals surface area contributed by atoms with Crippen molar-refractivity contribution in [1.82, 2.24) is 15.1 Å². The number of carbonyl (C=O) groups excluding carboxylic acids is 2. The molecule has 0 aliphatic carbocycles. The van der Waals surface area contributed by atoms with Crippen LogP contribution in [0.5, 0.6) is 5.75 Å². The summed E-state index contributed by atoms with van der Waals surface area (Å²) >= 11 is 1.25. The molecule has 1 unspecified atom stereocenters. The zero-order chi connectivity index (χ0) is 23.9. The third-order valence-electron chi connectivity index (χ3n) is 6.07. The number of hydrogen-bond donors (Lipinski definition) is 1. The Bertz CT molecular complexity index is 1210. The first-order valence-electron chi connectivity index (χ1n) is 10.9. The van der Waals surface area contributed by atoms with E-state index in [1.54, 1.807) is 11.0 Å². The second-order valence-electron chi connectivity index (χ2n) is 8.53. The van der Waals surface area contributed by atoms with E-state index in [2.05, 4.69) is 10.1 Å². The standard InChI is InChI=1S/C24H22F3N3O3S/c25-24(26,27)33-19-6-7-20-16(10-19)11-21(34-20)23(32)30-13-18(14-30)28-17-8-9-29(12-17)22(31)15-4-2-1-3-5-15/h1-7,10-11,17-18,28H,8-9,12-14H2. The van der Waals surface area contributed by atoms with Crippen molar-refractivity contribution >= 4 is 33.2 Å². The number of ether oxygens (including phenoxy) is 1. The maximum atomic E-state index is 12.8. The second-order valence-corrected chi connectivity index (χ2v) is 9.62. The van der Waals surface area contributed by atoms with Crippen LogP contribution in [-0.2, 0) is 0 Å². The average Bonchev–Trinajstić information content (AvgIpc) is 3.41. The molecule has 1 N–H and O–H groups in total. The molecule has 5 rings (SSSR count). The molecule has 2 aromatic carbocycles. The van der Waals surface area contributed by atoms with Crippen LogP contribution in [0.2, 0.25) is 0 Å². The summed E-state index contributed by atoms with van der Waals surface area (Å²) in [6, 6.07) is 15.2. The number of benzene rings is 2. The fraction of sp³-hybridized carbons (Fsp3) is 0.333. The molecule has 2 aliphatic heterocycles. The molecule has 0 bridgehead atoms. The fourth-order valence-corrected chi connectivity index (χ4v) is 5.42. The smallest absolute Gasteiger partial charge is 0.406 e. The van der Waals surface area contributed by atoms with E-state index < -0.39 is 6.36 Å². The van der Waals surface area contributed by atoms with Crippen LogP contribution in [0, 0.1) is 0 Å². The number of likely N-dealkylation sites (tertiary alicyclic amines) is 2. The Hall–Kier alpha value is -3.11. The van der Waals surface area contributed by atoms with E-state index in [0.717, 1.165) is 11.1 Å². The molecule has 1 aromatic heterocycles. The predicted molar refractivity (Wildman–Crippen MR) is 122 cm³/mol. The number of nitrogens with zero attached hydrogens (tertiary/aromatic N) is 2. The van der Waals surface area contributed by atoms with Crippen LogP contribution >= 0.6 is 11.3 Å². The number of amides is 2. The molecule has 1 atom stereocenters. The molecule has 0 radical (unpaired) electrons. The minimum atomic E-state index is -4.76. The fourth-order valence-electron chi connectivity index (χ4n) is 4.41. The van der Waals surface area contributed by atoms with Gasteiger partial charge in [-0.2, -0.15) is 0 Å². The lowest BCUT2D eigenvalue weighted by molar-refractivity contribution is -0.274. The number of alkyl halides is 3. The van der Waals surface area contributed by atoms with Crippen molar-refractivity contribution in [2.75, 3.05) is 26.2 Å². The molecule has 10 heteroatoms. The topological polar surface area (TPSA) is 61.9 Å². The zero-order valence-corrected chi connectivity index (χ0v) is 18.9. The number of carbonyl (C=O) groups is 2. The Morgan fingerprint density at radius 3 is 2.41 bits per heavy atom. The SMILES string of the molecule is O=C(c1ccccc1)N1CCC(NC2CN(C(=O)c3cc4cc(OC(F)(F)F)ccc4s3)C2)C1. The summed E-state index contributed by atoms with van der Waals surface area (Å²) in [5, 5.41) is 4.08. The quantitative estimate of drug-likeness (QED) is 0.586. The molecular formula is C24H22F3N3O3S. The average molecular weight is 490 g/mol. The first kappa shape index (κ1) is 22.7. The van der Waals surface area contributed by atoms with Crippen molar-refractivity contribution < 1.29 is 27.5 Å². The summed E-state index contributed by atoms with van der Waals surface area (Å²) in [4.78, 5) is 29.5. The summed E-state index contributed by atoms with van der Waals surface area (Å²) in [5.74, 6) is -0.407. The number of rotatable bonds is 5. The molecule has 3 aromatic rings. The van der Waals surface area contributed by atoms with E-state index >= 15 is 0 Å². The third-order valence-corrected chi connectivity index (χ3v) is 7.17. The molecule has 178 valence electrons. The van der Waals surface area contributed by atoms with Gasteiger partial charge in [0.25, 0.3) is 11.8 Å². The largest absolute Gasteiger partial charge is 0.573 e. The highest BCUT2D eigenvalue weighted by atomic mass is 32.1. The van der Waals surface area contributed by atoms with Crippen molar-refractivity contribution in [3.8, 4) is 5.75 Å². The van der Waals surface area contributed by atoms with Crippen molar-refractivity contribution in [3.63, 3.8) is 0 Å². The molecule has 2 saturated heterocycles. The molecule has 34 heavy (non-hydrogen) atoms. The van der Waals surface area contributed by atoms with E-state index in [1.807, 2.05) is 35.2 Å². The Kier molecular flexibility index (Phi) is 5.95. The van der Waals surface area contributed by atoms with Gasteiger partial charge in [0.05, 0.1) is 4.88 Å². The number of hydrogen-bond acceptors (Lipinski definition) is 5. The molecular weight excluding hydrogens is 467 g/mol. The summed E-state index contributed by atoms with van der Waals surface area (Å²) in [5.41, 5.74) is 0.684. The summed E-state index contributed by atoms with van der Waals surface area (Å²) < 4.78 is 42.0. The normalized spacial score (nSPS) is 18.9. The molecule has 0 spiro atoms. The number of thiophene rings is 1. The third kappa shape index (κ3) is 4.88. The Balaban J connectivity index is 1.13. The number of nitrogens with one attached hydrogen (secondary N) is 1. The Labute approximate surface area is 197 Å². The summed E-state index contributed by atoms with van der Waals surface area (Å²) in [7, 11) is 0. The van der Waals surface area contributed by atoms with Crippen LogP contribution in [0.1, 0.15) is 26.5 Å². The number of fused-ring (bicyclic) bond motifs is 1. The van der Waals surface area contributed by atoms with Crippen LogP contribution < -0.4 is 10.1 Å². The van der Waals surface area contributed by atoms with Crippen molar-refractivity contribution in [1.29, 1.82) is 0 Å². The van der Waals surface area contributed by atoms with Gasteiger partial charge in [-0.1, -0.05) is 18.2 Å². The van der Waals surface area contributed by atoms with Gasteiger partial charge in [0.15, 0.2) is 0 Å². The van der Waals surface area contributed by atoms with Gasteiger partial charge in [0.2, 0.25) is 0 Å². The van der Waals surface area contributed by atoms with E-state index in [4.69, 9.17) is 0 Å². The van der Waals surface area contributed by atoms with Gasteiger partial charge in [0.1, 0.15) is 5.75 Å². The first-order valence-corrected chi connectivity index (χ1v) is 11.8. The predicted octanol–water partition coefficient (Wildman–Crippen LogP) is 4.13. The molecule has 0 saturated carbocycles. The molecule has 3 heterocycles. The lowest BCUT2D eigenvalue weighted by Gasteiger charge is -2.40. The van der Waals surface area contributed by atoms with E-state index in [0.29, 0.717) is 42.0 Å². The van der Waals surface area contributed by atoms with Gasteiger partial charge >= 0.3 is 6.36 Å². The van der Waals surface area contributed by atoms with Crippen molar-refractivity contribution in [2.24, 2.45) is 0 Å². The summed E-state index contributed by atoms with van der Waals surface area (Å²) in [6.45, 7) is 2.44. The molecule has 2 aliphatic rings. The van der Waals surface area contributed by atoms with Crippen molar-refractivity contribution in [2.45, 2.75) is 24.9 Å². The first-order chi connectivity index (χ1) is 16.2. The lowest BCUT2D eigenvalue weighted by Crippen LogP contribution is -2.61. The minimum Gasteiger partial charge on any atom is -0.406 e. The molecule has 6 nitrogen and oxygen atoms in total. The van der Waals surface area contributed by atoms with E-state index in [1.165, 1.54) is 29.5 Å². The Morgan fingerprint density at radius 2 is 1.68 bits per heavy atom. The summed E-state index contributed by atoms with van der Waals surface area (Å²) in [6.07, 6.45) is -3.89. The monoisotopic (exact) mass is 489 g/mol. The maximum Gasteiger partial charge on any atom is 0.573 e.